The highest BCUT2D eigenvalue weighted by Crippen LogP contribution is 2.28. The molecule has 2 aromatic carbocycles. The Morgan fingerprint density at radius 1 is 1.07 bits per heavy atom. The SMILES string of the molecule is CS(=O)(=O)N(CCCC(=O)Nc1ccc(N2CCCC2)cc1)c1ccc(Cl)c(Cl)c1. The van der Waals surface area contributed by atoms with E-state index in [1.165, 1.54) is 23.2 Å². The second kappa shape index (κ2) is 9.90. The molecule has 9 heteroatoms. The molecule has 0 bridgehead atoms. The van der Waals surface area contributed by atoms with Crippen molar-refractivity contribution in [3.05, 3.63) is 52.5 Å². The van der Waals surface area contributed by atoms with Gasteiger partial charge in [-0.3, -0.25) is 9.10 Å². The zero-order valence-electron chi connectivity index (χ0n) is 16.8. The van der Waals surface area contributed by atoms with E-state index in [0.717, 1.165) is 30.7 Å². The molecule has 0 atom stereocenters. The molecule has 0 saturated carbocycles. The molecule has 0 aromatic heterocycles. The number of nitrogens with zero attached hydrogens (tertiary/aromatic N) is 2. The summed E-state index contributed by atoms with van der Waals surface area (Å²) >= 11 is 11.9. The van der Waals surface area contributed by atoms with Crippen LogP contribution in [0.2, 0.25) is 10.0 Å². The van der Waals surface area contributed by atoms with Gasteiger partial charge in [-0.05, 0) is 61.7 Å². The van der Waals surface area contributed by atoms with Crippen molar-refractivity contribution in [2.24, 2.45) is 0 Å². The highest BCUT2D eigenvalue weighted by molar-refractivity contribution is 7.92. The molecule has 1 N–H and O–H groups in total. The number of anilines is 3. The molecular formula is C21H25Cl2N3O3S. The molecule has 1 amide bonds. The van der Waals surface area contributed by atoms with Gasteiger partial charge in [-0.25, -0.2) is 8.42 Å². The fourth-order valence-corrected chi connectivity index (χ4v) is 4.71. The predicted octanol–water partition coefficient (Wildman–Crippen LogP) is 4.78. The van der Waals surface area contributed by atoms with Crippen molar-refractivity contribution in [1.29, 1.82) is 0 Å². The second-order valence-corrected chi connectivity index (χ2v) is 10.0. The van der Waals surface area contributed by atoms with Crippen LogP contribution < -0.4 is 14.5 Å². The molecule has 3 rings (SSSR count). The molecule has 1 aliphatic rings. The summed E-state index contributed by atoms with van der Waals surface area (Å²) in [5, 5.41) is 3.49. The Hall–Kier alpha value is -1.96. The molecule has 1 fully saturated rings. The number of nitrogens with one attached hydrogen (secondary N) is 1. The lowest BCUT2D eigenvalue weighted by molar-refractivity contribution is -0.116. The minimum Gasteiger partial charge on any atom is -0.372 e. The normalized spacial score (nSPS) is 14.0. The zero-order chi connectivity index (χ0) is 21.7. The lowest BCUT2D eigenvalue weighted by Gasteiger charge is -2.22. The zero-order valence-corrected chi connectivity index (χ0v) is 19.1. The van der Waals surface area contributed by atoms with Crippen LogP contribution in [0.5, 0.6) is 0 Å². The van der Waals surface area contributed by atoms with E-state index in [4.69, 9.17) is 23.2 Å². The van der Waals surface area contributed by atoms with E-state index in [1.54, 1.807) is 12.1 Å². The smallest absolute Gasteiger partial charge is 0.232 e. The third-order valence-corrected chi connectivity index (χ3v) is 6.91. The van der Waals surface area contributed by atoms with Crippen LogP contribution in [-0.4, -0.2) is 40.2 Å². The summed E-state index contributed by atoms with van der Waals surface area (Å²) in [6.45, 7) is 2.31. The van der Waals surface area contributed by atoms with Gasteiger partial charge in [-0.15, -0.1) is 0 Å². The molecule has 0 spiro atoms. The summed E-state index contributed by atoms with van der Waals surface area (Å²) in [5.41, 5.74) is 2.31. The molecule has 6 nitrogen and oxygen atoms in total. The van der Waals surface area contributed by atoms with Gasteiger partial charge in [0.1, 0.15) is 0 Å². The maximum atomic E-state index is 12.3. The fraction of sp³-hybridized carbons (Fsp3) is 0.381. The Balaban J connectivity index is 1.54. The van der Waals surface area contributed by atoms with Gasteiger partial charge in [0.2, 0.25) is 15.9 Å². The van der Waals surface area contributed by atoms with Crippen LogP contribution in [0.15, 0.2) is 42.5 Å². The Morgan fingerprint density at radius 3 is 2.33 bits per heavy atom. The summed E-state index contributed by atoms with van der Waals surface area (Å²) in [4.78, 5) is 14.6. The van der Waals surface area contributed by atoms with Crippen LogP contribution in [0.1, 0.15) is 25.7 Å². The molecule has 0 unspecified atom stereocenters. The fourth-order valence-electron chi connectivity index (χ4n) is 3.46. The highest BCUT2D eigenvalue weighted by atomic mass is 35.5. The van der Waals surface area contributed by atoms with Crippen LogP contribution in [0, 0.1) is 0 Å². The maximum Gasteiger partial charge on any atom is 0.232 e. The Labute approximate surface area is 187 Å². The van der Waals surface area contributed by atoms with Crippen molar-refractivity contribution < 1.29 is 13.2 Å². The van der Waals surface area contributed by atoms with Gasteiger partial charge in [-0.1, -0.05) is 23.2 Å². The van der Waals surface area contributed by atoms with Gasteiger partial charge in [-0.2, -0.15) is 0 Å². The van der Waals surface area contributed by atoms with Crippen molar-refractivity contribution in [3.63, 3.8) is 0 Å². The first kappa shape index (κ1) is 22.7. The monoisotopic (exact) mass is 469 g/mol. The number of rotatable bonds is 8. The molecular weight excluding hydrogens is 445 g/mol. The lowest BCUT2D eigenvalue weighted by atomic mass is 10.2. The lowest BCUT2D eigenvalue weighted by Crippen LogP contribution is -2.31. The van der Waals surface area contributed by atoms with Crippen LogP contribution in [0.25, 0.3) is 0 Å². The van der Waals surface area contributed by atoms with Crippen molar-refractivity contribution in [3.8, 4) is 0 Å². The average Bonchev–Trinajstić information content (AvgIpc) is 3.22. The number of sulfonamides is 1. The van der Waals surface area contributed by atoms with Crippen molar-refractivity contribution in [1.82, 2.24) is 0 Å². The number of benzene rings is 2. The van der Waals surface area contributed by atoms with Gasteiger partial charge in [0.25, 0.3) is 0 Å². The largest absolute Gasteiger partial charge is 0.372 e. The van der Waals surface area contributed by atoms with Crippen LogP contribution >= 0.6 is 23.2 Å². The van der Waals surface area contributed by atoms with Gasteiger partial charge >= 0.3 is 0 Å². The molecule has 0 aliphatic carbocycles. The molecule has 162 valence electrons. The van der Waals surface area contributed by atoms with E-state index >= 15 is 0 Å². The third kappa shape index (κ3) is 6.03. The summed E-state index contributed by atoms with van der Waals surface area (Å²) in [6, 6.07) is 12.5. The number of carbonyl (C=O) groups is 1. The number of amides is 1. The van der Waals surface area contributed by atoms with Crippen molar-refractivity contribution in [2.45, 2.75) is 25.7 Å². The average molecular weight is 470 g/mol. The first-order chi connectivity index (χ1) is 14.2. The Morgan fingerprint density at radius 2 is 1.73 bits per heavy atom. The predicted molar refractivity (Wildman–Crippen MR) is 124 cm³/mol. The minimum atomic E-state index is -3.52. The molecule has 2 aromatic rings. The first-order valence-corrected chi connectivity index (χ1v) is 12.4. The van der Waals surface area contributed by atoms with Crippen LogP contribution in [0.3, 0.4) is 0 Å². The molecule has 1 aliphatic heterocycles. The van der Waals surface area contributed by atoms with E-state index in [0.29, 0.717) is 17.1 Å². The second-order valence-electron chi connectivity index (χ2n) is 7.33. The number of carbonyl (C=O) groups excluding carboxylic acids is 1. The Kier molecular flexibility index (Phi) is 7.50. The maximum absolute atomic E-state index is 12.3. The standard InChI is InChI=1S/C21H25Cl2N3O3S/c1-30(28,29)26(18-10-11-19(22)20(23)15-18)14-4-5-21(27)24-16-6-8-17(9-7-16)25-12-2-3-13-25/h6-11,15H,2-5,12-14H2,1H3,(H,24,27). The van der Waals surface area contributed by atoms with Gasteiger partial charge in [0, 0.05) is 37.4 Å². The van der Waals surface area contributed by atoms with Gasteiger partial charge < -0.3 is 10.2 Å². The summed E-state index contributed by atoms with van der Waals surface area (Å²) in [7, 11) is -3.52. The van der Waals surface area contributed by atoms with Crippen LogP contribution in [-0.2, 0) is 14.8 Å². The summed E-state index contributed by atoms with van der Waals surface area (Å²) in [5.74, 6) is -0.161. The van der Waals surface area contributed by atoms with E-state index < -0.39 is 10.0 Å². The van der Waals surface area contributed by atoms with Gasteiger partial charge in [0.15, 0.2) is 0 Å². The molecule has 1 saturated heterocycles. The minimum absolute atomic E-state index is 0.161. The van der Waals surface area contributed by atoms with Gasteiger partial charge in [0.05, 0.1) is 22.0 Å². The number of hydrogen-bond donors (Lipinski definition) is 1. The first-order valence-electron chi connectivity index (χ1n) is 9.82. The van der Waals surface area contributed by atoms with E-state index in [2.05, 4.69) is 10.2 Å². The number of hydrogen-bond acceptors (Lipinski definition) is 4. The molecule has 1 heterocycles. The third-order valence-electron chi connectivity index (χ3n) is 4.98. The van der Waals surface area contributed by atoms with E-state index in [-0.39, 0.29) is 23.9 Å². The summed E-state index contributed by atoms with van der Waals surface area (Å²) < 4.78 is 25.6. The van der Waals surface area contributed by atoms with Crippen molar-refractivity contribution >= 4 is 56.2 Å². The van der Waals surface area contributed by atoms with E-state index in [1.807, 2.05) is 24.3 Å². The Bertz CT molecular complexity index is 991. The highest BCUT2D eigenvalue weighted by Gasteiger charge is 2.19. The van der Waals surface area contributed by atoms with Crippen molar-refractivity contribution in [2.75, 3.05) is 40.4 Å². The topological polar surface area (TPSA) is 69.7 Å². The quantitative estimate of drug-likeness (QED) is 0.603. The van der Waals surface area contributed by atoms with Crippen LogP contribution in [0.4, 0.5) is 17.1 Å². The summed E-state index contributed by atoms with van der Waals surface area (Å²) in [6.07, 6.45) is 4.11. The molecule has 30 heavy (non-hydrogen) atoms. The number of halogens is 2. The van der Waals surface area contributed by atoms with E-state index in [9.17, 15) is 13.2 Å². The molecule has 0 radical (unpaired) electrons.